The van der Waals surface area contributed by atoms with Crippen LogP contribution in [0.15, 0.2) is 27.3 Å². The van der Waals surface area contributed by atoms with E-state index in [9.17, 15) is 0 Å². The first kappa shape index (κ1) is 12.0. The van der Waals surface area contributed by atoms with Crippen LogP contribution in [0.1, 0.15) is 12.8 Å². The van der Waals surface area contributed by atoms with Crippen molar-refractivity contribution in [2.45, 2.75) is 15.9 Å². The molecule has 0 bridgehead atoms. The molecule has 0 amide bonds. The first-order valence-electron chi connectivity index (χ1n) is 4.94. The van der Waals surface area contributed by atoms with E-state index in [1.54, 1.807) is 0 Å². The van der Waals surface area contributed by atoms with E-state index in [0.717, 1.165) is 5.33 Å². The number of benzene rings is 1. The summed E-state index contributed by atoms with van der Waals surface area (Å²) in [6.07, 6.45) is 2.56. The van der Waals surface area contributed by atoms with Crippen molar-refractivity contribution < 1.29 is 0 Å². The van der Waals surface area contributed by atoms with Crippen LogP contribution in [0.3, 0.4) is 0 Å². The molecule has 2 rings (SSSR count). The van der Waals surface area contributed by atoms with Crippen LogP contribution in [-0.2, 0) is 0 Å². The van der Waals surface area contributed by atoms with Gasteiger partial charge in [0, 0.05) is 0 Å². The average Bonchev–Trinajstić information content (AvgIpc) is 2.67. The van der Waals surface area contributed by atoms with Crippen LogP contribution in [-0.4, -0.2) is 36.5 Å². The molecule has 1 aromatic carbocycles. The van der Waals surface area contributed by atoms with Crippen LogP contribution >= 0.6 is 27.7 Å². The van der Waals surface area contributed by atoms with Gasteiger partial charge < -0.3 is 0 Å². The Morgan fingerprint density at radius 3 is 2.93 bits per heavy atom. The summed E-state index contributed by atoms with van der Waals surface area (Å²) in [5.41, 5.74) is 1.22. The summed E-state index contributed by atoms with van der Waals surface area (Å²) < 4.78 is 2.92. The van der Waals surface area contributed by atoms with Gasteiger partial charge in [-0.2, -0.15) is 0 Å². The summed E-state index contributed by atoms with van der Waals surface area (Å²) in [6.45, 7) is 0. The maximum absolute atomic E-state index is 4.67. The Bertz CT molecular complexity index is 396. The predicted octanol–water partition coefficient (Wildman–Crippen LogP) is 3.56. The quantitative estimate of drug-likeness (QED) is 0.331. The summed E-state index contributed by atoms with van der Waals surface area (Å²) in [7, 11) is 0. The molecule has 0 unspecified atom stereocenters. The summed E-state index contributed by atoms with van der Waals surface area (Å²) in [4.78, 5) is 4.67. The van der Waals surface area contributed by atoms with Crippen LogP contribution in [0.2, 0.25) is 0 Å². The van der Waals surface area contributed by atoms with Crippen molar-refractivity contribution in [1.29, 1.82) is 0 Å². The van der Waals surface area contributed by atoms with E-state index in [0.29, 0.717) is 0 Å². The van der Waals surface area contributed by atoms with Gasteiger partial charge in [-0.15, -0.1) is 0 Å². The Balaban J connectivity index is 1.97. The second kappa shape index (κ2) is 6.30. The molecule has 15 heavy (non-hydrogen) atoms. The molecule has 0 fully saturated rings. The van der Waals surface area contributed by atoms with Crippen molar-refractivity contribution >= 4 is 57.0 Å². The number of rotatable bonds is 5. The minimum atomic E-state index is -0.147. The summed E-state index contributed by atoms with van der Waals surface area (Å²) in [6, 6.07) is 8.56. The van der Waals surface area contributed by atoms with Crippen molar-refractivity contribution in [2.24, 2.45) is 0 Å². The monoisotopic (exact) mass is 399 g/mol. The number of unbranched alkanes of at least 4 members (excludes halogenated alkanes) is 1. The number of hydrogen-bond donors (Lipinski definition) is 0. The second-order valence-corrected chi connectivity index (χ2v) is 8.82. The van der Waals surface area contributed by atoms with Gasteiger partial charge in [-0.1, -0.05) is 0 Å². The van der Waals surface area contributed by atoms with Crippen LogP contribution in [0.25, 0.3) is 8.92 Å². The topological polar surface area (TPSA) is 12.9 Å². The fraction of sp³-hybridized carbons (Fsp3) is 0.364. The SMILES string of the molecule is BrCCCCSc1nc2ccccc2[te]1. The van der Waals surface area contributed by atoms with Gasteiger partial charge in [0.05, 0.1) is 0 Å². The van der Waals surface area contributed by atoms with Crippen LogP contribution < -0.4 is 0 Å². The Hall–Kier alpha value is 0.510. The Kier molecular flexibility index (Phi) is 5.03. The molecular formula is C11H12BrNSTe. The molecule has 0 spiro atoms. The molecule has 0 N–H and O–H groups in total. The van der Waals surface area contributed by atoms with Gasteiger partial charge >= 0.3 is 113 Å². The minimum absolute atomic E-state index is 0.147. The van der Waals surface area contributed by atoms with Gasteiger partial charge in [-0.05, 0) is 0 Å². The summed E-state index contributed by atoms with van der Waals surface area (Å²) in [5, 5.41) is 1.12. The van der Waals surface area contributed by atoms with E-state index in [1.807, 2.05) is 11.8 Å². The molecule has 1 aromatic heterocycles. The molecule has 2 aromatic rings. The molecule has 0 radical (unpaired) electrons. The number of fused-ring (bicyclic) bond motifs is 1. The van der Waals surface area contributed by atoms with E-state index in [2.05, 4.69) is 45.2 Å². The Morgan fingerprint density at radius 2 is 2.13 bits per heavy atom. The zero-order valence-corrected chi connectivity index (χ0v) is 13.0. The number of aromatic nitrogens is 1. The molecule has 0 aliphatic rings. The van der Waals surface area contributed by atoms with Gasteiger partial charge in [-0.25, -0.2) is 0 Å². The number of halogens is 1. The molecule has 0 saturated carbocycles. The van der Waals surface area contributed by atoms with Crippen molar-refractivity contribution in [3.05, 3.63) is 24.3 Å². The van der Waals surface area contributed by atoms with Gasteiger partial charge in [0.25, 0.3) is 0 Å². The first-order valence-corrected chi connectivity index (χ1v) is 9.38. The molecule has 4 heteroatoms. The molecule has 0 atom stereocenters. The number of para-hydroxylation sites is 1. The van der Waals surface area contributed by atoms with Crippen LogP contribution in [0.5, 0.6) is 0 Å². The number of nitrogens with zero attached hydrogens (tertiary/aromatic N) is 1. The van der Waals surface area contributed by atoms with Crippen molar-refractivity contribution in [1.82, 2.24) is 4.98 Å². The zero-order chi connectivity index (χ0) is 10.5. The molecule has 80 valence electrons. The summed E-state index contributed by atoms with van der Waals surface area (Å²) in [5.74, 6) is 1.23. The number of hydrogen-bond acceptors (Lipinski definition) is 2. The fourth-order valence-electron chi connectivity index (χ4n) is 1.27. The molecule has 1 heterocycles. The molecular weight excluding hydrogens is 386 g/mol. The third-order valence-electron chi connectivity index (χ3n) is 2.03. The maximum atomic E-state index is 4.67. The van der Waals surface area contributed by atoms with Gasteiger partial charge in [0.2, 0.25) is 0 Å². The van der Waals surface area contributed by atoms with Crippen molar-refractivity contribution in [3.8, 4) is 0 Å². The van der Waals surface area contributed by atoms with Crippen molar-refractivity contribution in [2.75, 3.05) is 11.1 Å². The van der Waals surface area contributed by atoms with Crippen molar-refractivity contribution in [3.63, 3.8) is 0 Å². The second-order valence-electron chi connectivity index (χ2n) is 3.19. The fourth-order valence-corrected chi connectivity index (χ4v) is 6.22. The number of alkyl halides is 1. The van der Waals surface area contributed by atoms with E-state index in [-0.39, 0.29) is 20.4 Å². The van der Waals surface area contributed by atoms with E-state index in [1.165, 1.54) is 30.6 Å². The van der Waals surface area contributed by atoms with Crippen LogP contribution in [0.4, 0.5) is 0 Å². The molecule has 0 aliphatic carbocycles. The third-order valence-corrected chi connectivity index (χ3v) is 7.36. The average molecular weight is 398 g/mol. The molecule has 0 saturated heterocycles. The van der Waals surface area contributed by atoms with E-state index < -0.39 is 0 Å². The Morgan fingerprint density at radius 1 is 1.27 bits per heavy atom. The standard InChI is InChI=1S/C11H12BrNSTe/c12-7-3-4-8-14-11-13-9-5-1-2-6-10(9)15-11/h1-2,5-6H,3-4,7-8H2. The molecule has 1 nitrogen and oxygen atoms in total. The predicted molar refractivity (Wildman–Crippen MR) is 72.4 cm³/mol. The van der Waals surface area contributed by atoms with E-state index >= 15 is 0 Å². The van der Waals surface area contributed by atoms with E-state index in [4.69, 9.17) is 0 Å². The summed E-state index contributed by atoms with van der Waals surface area (Å²) >= 11 is 5.28. The van der Waals surface area contributed by atoms with Gasteiger partial charge in [0.15, 0.2) is 0 Å². The van der Waals surface area contributed by atoms with Gasteiger partial charge in [0.1, 0.15) is 0 Å². The van der Waals surface area contributed by atoms with Crippen LogP contribution in [0, 0.1) is 0 Å². The Labute approximate surface area is 112 Å². The third kappa shape index (κ3) is 3.49. The normalized spacial score (nSPS) is 11.0. The first-order chi connectivity index (χ1) is 7.40. The number of thioether (sulfide) groups is 1. The van der Waals surface area contributed by atoms with Gasteiger partial charge in [-0.3, -0.25) is 0 Å². The molecule has 0 aliphatic heterocycles. The zero-order valence-electron chi connectivity index (χ0n) is 8.28.